The van der Waals surface area contributed by atoms with Crippen LogP contribution >= 0.6 is 0 Å². The van der Waals surface area contributed by atoms with Gasteiger partial charge in [0.2, 0.25) is 5.91 Å². The molecule has 5 nitrogen and oxygen atoms in total. The summed E-state index contributed by atoms with van der Waals surface area (Å²) in [6, 6.07) is 0. The minimum absolute atomic E-state index is 0.0217. The number of ether oxygens (including phenoxy) is 2. The lowest BCUT2D eigenvalue weighted by Crippen LogP contribution is -2.36. The van der Waals surface area contributed by atoms with E-state index in [-0.39, 0.29) is 11.7 Å². The van der Waals surface area contributed by atoms with Crippen molar-refractivity contribution in [3.05, 3.63) is 0 Å². The molecule has 0 aromatic heterocycles. The third-order valence-corrected chi connectivity index (χ3v) is 2.06. The monoisotopic (exact) mass is 217 g/mol. The second-order valence-electron chi connectivity index (χ2n) is 3.29. The van der Waals surface area contributed by atoms with Crippen LogP contribution in [0.4, 0.5) is 0 Å². The van der Waals surface area contributed by atoms with Gasteiger partial charge in [0.25, 0.3) is 0 Å². The molecule has 0 spiro atoms. The Labute approximate surface area is 90.1 Å². The van der Waals surface area contributed by atoms with Crippen molar-refractivity contribution in [2.75, 3.05) is 20.3 Å². The largest absolute Gasteiger partial charge is 0.372 e. The number of carbonyl (C=O) groups excluding carboxylic acids is 2. The first-order valence-electron chi connectivity index (χ1n) is 4.91. The highest BCUT2D eigenvalue weighted by molar-refractivity contribution is 5.80. The van der Waals surface area contributed by atoms with Gasteiger partial charge < -0.3 is 14.8 Å². The highest BCUT2D eigenvalue weighted by Crippen LogP contribution is 1.91. The molecule has 0 rings (SSSR count). The fourth-order valence-corrected chi connectivity index (χ4v) is 0.778. The van der Waals surface area contributed by atoms with Gasteiger partial charge in [0, 0.05) is 13.7 Å². The van der Waals surface area contributed by atoms with Crippen LogP contribution in [0, 0.1) is 0 Å². The number of amides is 1. The number of hydrogen-bond acceptors (Lipinski definition) is 4. The normalized spacial score (nSPS) is 14.4. The van der Waals surface area contributed by atoms with Crippen molar-refractivity contribution in [2.45, 2.75) is 33.0 Å². The van der Waals surface area contributed by atoms with Crippen LogP contribution in [-0.2, 0) is 19.1 Å². The van der Waals surface area contributed by atoms with Crippen LogP contribution < -0.4 is 5.32 Å². The van der Waals surface area contributed by atoms with Gasteiger partial charge in [-0.15, -0.1) is 0 Å². The van der Waals surface area contributed by atoms with Crippen LogP contribution in [0.5, 0.6) is 0 Å². The molecule has 0 heterocycles. The lowest BCUT2D eigenvalue weighted by Gasteiger charge is -2.12. The fraction of sp³-hybridized carbons (Fsp3) is 0.800. The van der Waals surface area contributed by atoms with Crippen molar-refractivity contribution in [2.24, 2.45) is 0 Å². The molecule has 2 atom stereocenters. The molecule has 0 aliphatic carbocycles. The summed E-state index contributed by atoms with van der Waals surface area (Å²) in [4.78, 5) is 22.0. The maximum absolute atomic E-state index is 11.2. The lowest BCUT2D eigenvalue weighted by atomic mass is 10.3. The highest BCUT2D eigenvalue weighted by Gasteiger charge is 2.11. The third kappa shape index (κ3) is 6.19. The minimum Gasteiger partial charge on any atom is -0.372 e. The summed E-state index contributed by atoms with van der Waals surface area (Å²) in [6.45, 7) is 5.51. The molecule has 0 aliphatic rings. The van der Waals surface area contributed by atoms with Crippen LogP contribution in [-0.4, -0.2) is 44.2 Å². The number of ketones is 1. The molecule has 0 radical (unpaired) electrons. The summed E-state index contributed by atoms with van der Waals surface area (Å²) in [5, 5.41) is 2.63. The average Bonchev–Trinajstić information content (AvgIpc) is 2.22. The third-order valence-electron chi connectivity index (χ3n) is 2.06. The van der Waals surface area contributed by atoms with E-state index in [1.165, 1.54) is 14.0 Å². The van der Waals surface area contributed by atoms with Gasteiger partial charge in [-0.2, -0.15) is 0 Å². The molecule has 1 N–H and O–H groups in total. The first-order valence-corrected chi connectivity index (χ1v) is 4.91. The zero-order valence-electron chi connectivity index (χ0n) is 9.70. The van der Waals surface area contributed by atoms with Crippen LogP contribution in [0.15, 0.2) is 0 Å². The Kier molecular flexibility index (Phi) is 6.90. The van der Waals surface area contributed by atoms with E-state index in [1.807, 2.05) is 0 Å². The van der Waals surface area contributed by atoms with Crippen LogP contribution in [0.2, 0.25) is 0 Å². The van der Waals surface area contributed by atoms with Crippen LogP contribution in [0.25, 0.3) is 0 Å². The molecule has 2 unspecified atom stereocenters. The van der Waals surface area contributed by atoms with Gasteiger partial charge in [0.1, 0.15) is 12.2 Å². The number of hydrogen-bond donors (Lipinski definition) is 1. The second kappa shape index (κ2) is 7.36. The highest BCUT2D eigenvalue weighted by atomic mass is 16.5. The smallest absolute Gasteiger partial charge is 0.248 e. The molecule has 0 saturated heterocycles. The van der Waals surface area contributed by atoms with E-state index >= 15 is 0 Å². The van der Waals surface area contributed by atoms with Gasteiger partial charge in [0.15, 0.2) is 5.78 Å². The Balaban J connectivity index is 3.54. The Morgan fingerprint density at radius 2 is 1.87 bits per heavy atom. The number of methoxy groups -OCH3 is 1. The predicted molar refractivity (Wildman–Crippen MR) is 55.6 cm³/mol. The zero-order valence-corrected chi connectivity index (χ0v) is 9.70. The summed E-state index contributed by atoms with van der Waals surface area (Å²) in [5.74, 6) is -0.205. The molecular weight excluding hydrogens is 198 g/mol. The molecule has 0 aromatic carbocycles. The maximum Gasteiger partial charge on any atom is 0.248 e. The Morgan fingerprint density at radius 1 is 1.27 bits per heavy atom. The molecule has 1 amide bonds. The number of nitrogens with one attached hydrogen (secondary N) is 1. The molecule has 88 valence electrons. The molecule has 0 aromatic rings. The molecule has 0 aliphatic heterocycles. The van der Waals surface area contributed by atoms with Crippen molar-refractivity contribution in [3.63, 3.8) is 0 Å². The predicted octanol–water partition coefficient (Wildman–Crippen LogP) is 0.132. The van der Waals surface area contributed by atoms with Crippen molar-refractivity contribution >= 4 is 11.7 Å². The second-order valence-corrected chi connectivity index (χ2v) is 3.29. The molecule has 15 heavy (non-hydrogen) atoms. The Hall–Kier alpha value is -0.940. The van der Waals surface area contributed by atoms with Gasteiger partial charge in [-0.05, 0) is 20.8 Å². The molecular formula is C10H19NO4. The van der Waals surface area contributed by atoms with E-state index < -0.39 is 12.2 Å². The van der Waals surface area contributed by atoms with E-state index in [4.69, 9.17) is 9.47 Å². The first-order chi connectivity index (χ1) is 6.99. The van der Waals surface area contributed by atoms with E-state index in [0.717, 1.165) is 0 Å². The summed E-state index contributed by atoms with van der Waals surface area (Å²) >= 11 is 0. The maximum atomic E-state index is 11.2. The van der Waals surface area contributed by atoms with Crippen molar-refractivity contribution in [1.82, 2.24) is 5.32 Å². The molecule has 0 saturated carbocycles. The quantitative estimate of drug-likeness (QED) is 0.616. The molecule has 0 fully saturated rings. The van der Waals surface area contributed by atoms with Crippen LogP contribution in [0.1, 0.15) is 20.8 Å². The standard InChI is InChI=1S/C10H19NO4/c1-7(12)8(2)15-6-5-11-10(13)9(3)14-4/h8-9H,5-6H2,1-4H3,(H,11,13). The fourth-order valence-electron chi connectivity index (χ4n) is 0.778. The van der Waals surface area contributed by atoms with E-state index in [1.54, 1.807) is 13.8 Å². The van der Waals surface area contributed by atoms with Gasteiger partial charge in [-0.1, -0.05) is 0 Å². The Morgan fingerprint density at radius 3 is 2.33 bits per heavy atom. The summed E-state index contributed by atoms with van der Waals surface area (Å²) < 4.78 is 9.98. The van der Waals surface area contributed by atoms with Crippen molar-refractivity contribution in [3.8, 4) is 0 Å². The van der Waals surface area contributed by atoms with E-state index in [9.17, 15) is 9.59 Å². The minimum atomic E-state index is -0.463. The van der Waals surface area contributed by atoms with Crippen LogP contribution in [0.3, 0.4) is 0 Å². The first kappa shape index (κ1) is 14.1. The molecule has 0 bridgehead atoms. The average molecular weight is 217 g/mol. The SMILES string of the molecule is COC(C)C(=O)NCCOC(C)C(C)=O. The van der Waals surface area contributed by atoms with E-state index in [2.05, 4.69) is 5.32 Å². The Bertz CT molecular complexity index is 217. The summed E-state index contributed by atoms with van der Waals surface area (Å²) in [6.07, 6.45) is -0.878. The van der Waals surface area contributed by atoms with E-state index in [0.29, 0.717) is 13.2 Å². The summed E-state index contributed by atoms with van der Waals surface area (Å²) in [5.41, 5.74) is 0. The van der Waals surface area contributed by atoms with Gasteiger partial charge >= 0.3 is 0 Å². The van der Waals surface area contributed by atoms with Crippen molar-refractivity contribution < 1.29 is 19.1 Å². The number of carbonyl (C=O) groups is 2. The number of Topliss-reactive ketones (excluding diaryl/α,β-unsaturated/α-hetero) is 1. The van der Waals surface area contributed by atoms with Gasteiger partial charge in [-0.25, -0.2) is 0 Å². The summed E-state index contributed by atoms with van der Waals surface area (Å²) in [7, 11) is 1.47. The van der Waals surface area contributed by atoms with Crippen molar-refractivity contribution in [1.29, 1.82) is 0 Å². The lowest BCUT2D eigenvalue weighted by molar-refractivity contribution is -0.130. The zero-order chi connectivity index (χ0) is 11.8. The molecule has 5 heteroatoms. The number of rotatable bonds is 7. The van der Waals surface area contributed by atoms with Gasteiger partial charge in [0.05, 0.1) is 6.61 Å². The van der Waals surface area contributed by atoms with Gasteiger partial charge in [-0.3, -0.25) is 9.59 Å². The topological polar surface area (TPSA) is 64.6 Å².